The number of anilines is 2. The number of benzene rings is 2. The van der Waals surface area contributed by atoms with Gasteiger partial charge < -0.3 is 20.7 Å². The summed E-state index contributed by atoms with van der Waals surface area (Å²) in [6, 6.07) is 9.98. The largest absolute Gasteiger partial charge is 0.495 e. The number of hydrogen-bond acceptors (Lipinski definition) is 7. The average Bonchev–Trinajstić information content (AvgIpc) is 2.83. The summed E-state index contributed by atoms with van der Waals surface area (Å²) in [7, 11) is 5.01. The fourth-order valence-electron chi connectivity index (χ4n) is 3.60. The predicted molar refractivity (Wildman–Crippen MR) is 138 cm³/mol. The van der Waals surface area contributed by atoms with E-state index in [4.69, 9.17) is 16.3 Å². The van der Waals surface area contributed by atoms with Crippen molar-refractivity contribution >= 4 is 23.0 Å². The fraction of sp³-hybridized carbons (Fsp3) is 0.231. The first-order valence-corrected chi connectivity index (χ1v) is 11.2. The second kappa shape index (κ2) is 11.3. The molecule has 0 unspecified atom stereocenters. The van der Waals surface area contributed by atoms with E-state index in [0.717, 1.165) is 17.7 Å². The van der Waals surface area contributed by atoms with Crippen molar-refractivity contribution in [3.8, 4) is 5.75 Å². The molecule has 0 aliphatic carbocycles. The van der Waals surface area contributed by atoms with Gasteiger partial charge in [-0.3, -0.25) is 14.8 Å². The highest BCUT2D eigenvalue weighted by Crippen LogP contribution is 2.32. The zero-order valence-corrected chi connectivity index (χ0v) is 20.9. The number of aryl methyl sites for hydroxylation is 1. The lowest BCUT2D eigenvalue weighted by Crippen LogP contribution is -2.27. The van der Waals surface area contributed by atoms with Gasteiger partial charge in [0.1, 0.15) is 5.75 Å². The Morgan fingerprint density at radius 3 is 2.49 bits per heavy atom. The Hall–Kier alpha value is -4.09. The van der Waals surface area contributed by atoms with E-state index in [1.165, 1.54) is 36.6 Å². The first-order valence-electron chi connectivity index (χ1n) is 11.2. The minimum Gasteiger partial charge on any atom is -0.495 e. The second-order valence-electron chi connectivity index (χ2n) is 8.71. The number of halogens is 3. The van der Waals surface area contributed by atoms with Crippen LogP contribution in [-0.2, 0) is 12.7 Å². The Morgan fingerprint density at radius 1 is 1.11 bits per heavy atom. The highest BCUT2D eigenvalue weighted by molar-refractivity contribution is 6.05. The number of alkyl halides is 3. The van der Waals surface area contributed by atoms with Crippen LogP contribution in [0.15, 0.2) is 61.1 Å². The molecule has 1 amide bonds. The number of pyridine rings is 1. The van der Waals surface area contributed by atoms with Gasteiger partial charge in [-0.25, -0.2) is 5.84 Å². The summed E-state index contributed by atoms with van der Waals surface area (Å²) in [6.45, 7) is 2.08. The fourth-order valence-corrected chi connectivity index (χ4v) is 3.60. The van der Waals surface area contributed by atoms with Crippen LogP contribution in [0.3, 0.4) is 0 Å². The smallest absolute Gasteiger partial charge is 0.416 e. The van der Waals surface area contributed by atoms with Crippen LogP contribution >= 0.6 is 0 Å². The van der Waals surface area contributed by atoms with E-state index in [2.05, 4.69) is 10.3 Å². The number of carbonyl (C=O) groups excluding carboxylic acids is 1. The van der Waals surface area contributed by atoms with Crippen molar-refractivity contribution in [1.29, 1.82) is 0 Å². The Labute approximate surface area is 213 Å². The number of nitrogens with zero attached hydrogens (tertiary/aromatic N) is 3. The Bertz CT molecular complexity index is 1310. The van der Waals surface area contributed by atoms with Gasteiger partial charge in [-0.05, 0) is 68.5 Å². The summed E-state index contributed by atoms with van der Waals surface area (Å²) in [5.41, 5.74) is 8.11. The molecule has 0 radical (unpaired) electrons. The molecule has 0 aliphatic heterocycles. The molecule has 0 bridgehead atoms. The van der Waals surface area contributed by atoms with Gasteiger partial charge in [-0.15, -0.1) is 0 Å². The van der Waals surface area contributed by atoms with Gasteiger partial charge in [-0.1, -0.05) is 6.07 Å². The van der Waals surface area contributed by atoms with Crippen molar-refractivity contribution in [1.82, 2.24) is 9.88 Å². The third kappa shape index (κ3) is 7.21. The van der Waals surface area contributed by atoms with Crippen molar-refractivity contribution in [2.45, 2.75) is 19.6 Å². The normalized spacial score (nSPS) is 12.0. The standard InChI is InChI=1S/C26H29F3N6O2/c1-16-5-6-18(10-24(16)35(31)15-23(30)19-9-22(37-4)13-32-12-19)25(36)33-21-8-17(14-34(2)3)7-20(11-21)26(27,28)29/h5-13,15H,14,30-31H2,1-4H3,(H,33,36)/b23-15-. The van der Waals surface area contributed by atoms with Gasteiger partial charge in [0.2, 0.25) is 0 Å². The van der Waals surface area contributed by atoms with Gasteiger partial charge in [0, 0.05) is 35.8 Å². The number of rotatable bonds is 8. The molecule has 0 saturated carbocycles. The predicted octanol–water partition coefficient (Wildman–Crippen LogP) is 4.37. The maximum absolute atomic E-state index is 13.4. The Kier molecular flexibility index (Phi) is 8.41. The lowest BCUT2D eigenvalue weighted by molar-refractivity contribution is -0.137. The molecule has 3 rings (SSSR count). The molecule has 0 spiro atoms. The Balaban J connectivity index is 1.88. The summed E-state index contributed by atoms with van der Waals surface area (Å²) in [4.78, 5) is 18.8. The van der Waals surface area contributed by atoms with Crippen molar-refractivity contribution in [2.24, 2.45) is 11.6 Å². The summed E-state index contributed by atoms with van der Waals surface area (Å²) in [5.74, 6) is 6.16. The first-order chi connectivity index (χ1) is 17.4. The summed E-state index contributed by atoms with van der Waals surface area (Å²) >= 11 is 0. The lowest BCUT2D eigenvalue weighted by atomic mass is 10.1. The Morgan fingerprint density at radius 2 is 1.84 bits per heavy atom. The van der Waals surface area contributed by atoms with Crippen molar-refractivity contribution in [3.05, 3.63) is 88.9 Å². The van der Waals surface area contributed by atoms with Gasteiger partial charge in [-0.2, -0.15) is 13.2 Å². The molecule has 196 valence electrons. The molecular weight excluding hydrogens is 485 g/mol. The van der Waals surface area contributed by atoms with Gasteiger partial charge >= 0.3 is 6.18 Å². The molecule has 37 heavy (non-hydrogen) atoms. The monoisotopic (exact) mass is 514 g/mol. The van der Waals surface area contributed by atoms with Gasteiger partial charge in [0.15, 0.2) is 0 Å². The van der Waals surface area contributed by atoms with E-state index in [0.29, 0.717) is 28.3 Å². The van der Waals surface area contributed by atoms with E-state index in [-0.39, 0.29) is 17.8 Å². The van der Waals surface area contributed by atoms with E-state index in [1.54, 1.807) is 50.3 Å². The van der Waals surface area contributed by atoms with Crippen molar-refractivity contribution in [3.63, 3.8) is 0 Å². The van der Waals surface area contributed by atoms with Crippen LogP contribution in [0.5, 0.6) is 5.75 Å². The number of hydrazine groups is 1. The number of nitrogens with one attached hydrogen (secondary N) is 1. The van der Waals surface area contributed by atoms with Crippen molar-refractivity contribution < 1.29 is 22.7 Å². The number of amides is 1. The number of hydrogen-bond donors (Lipinski definition) is 3. The number of methoxy groups -OCH3 is 1. The molecule has 1 aromatic heterocycles. The number of aromatic nitrogens is 1. The van der Waals surface area contributed by atoms with Crippen LogP contribution in [0.4, 0.5) is 24.5 Å². The van der Waals surface area contributed by atoms with Crippen LogP contribution in [0.25, 0.3) is 5.70 Å². The van der Waals surface area contributed by atoms with Crippen LogP contribution < -0.4 is 26.6 Å². The molecule has 11 heteroatoms. The van der Waals surface area contributed by atoms with E-state index < -0.39 is 17.6 Å². The molecule has 0 fully saturated rings. The van der Waals surface area contributed by atoms with E-state index in [1.807, 2.05) is 0 Å². The lowest BCUT2D eigenvalue weighted by Gasteiger charge is -2.19. The highest BCUT2D eigenvalue weighted by Gasteiger charge is 2.31. The number of ether oxygens (including phenoxy) is 1. The molecule has 1 heterocycles. The minimum atomic E-state index is -4.55. The van der Waals surface area contributed by atoms with Gasteiger partial charge in [0.25, 0.3) is 5.91 Å². The SMILES string of the molecule is COc1cncc(/C(N)=C/N(N)c2cc(C(=O)Nc3cc(CN(C)C)cc(C(F)(F)F)c3)ccc2C)c1. The molecule has 0 saturated heterocycles. The van der Waals surface area contributed by atoms with Crippen LogP contribution in [0, 0.1) is 6.92 Å². The topological polar surface area (TPSA) is 110 Å². The van der Waals surface area contributed by atoms with Crippen LogP contribution in [-0.4, -0.2) is 37.0 Å². The first kappa shape index (κ1) is 27.5. The zero-order valence-electron chi connectivity index (χ0n) is 20.9. The number of carbonyl (C=O) groups is 1. The third-order valence-corrected chi connectivity index (χ3v) is 5.39. The summed E-state index contributed by atoms with van der Waals surface area (Å²) in [5, 5.41) is 3.83. The van der Waals surface area contributed by atoms with E-state index in [9.17, 15) is 18.0 Å². The molecule has 5 N–H and O–H groups in total. The highest BCUT2D eigenvalue weighted by atomic mass is 19.4. The van der Waals surface area contributed by atoms with Crippen molar-refractivity contribution in [2.75, 3.05) is 31.5 Å². The quantitative estimate of drug-likeness (QED) is 0.303. The summed E-state index contributed by atoms with van der Waals surface area (Å²) < 4.78 is 45.4. The van der Waals surface area contributed by atoms with Crippen LogP contribution in [0.2, 0.25) is 0 Å². The maximum Gasteiger partial charge on any atom is 0.416 e. The zero-order chi connectivity index (χ0) is 27.3. The molecule has 0 atom stereocenters. The third-order valence-electron chi connectivity index (χ3n) is 5.39. The molecule has 3 aromatic rings. The average molecular weight is 515 g/mol. The second-order valence-corrected chi connectivity index (χ2v) is 8.71. The number of nitrogens with two attached hydrogens (primary N) is 2. The van der Waals surface area contributed by atoms with Crippen LogP contribution in [0.1, 0.15) is 32.6 Å². The molecule has 8 nitrogen and oxygen atoms in total. The molecular formula is C26H29F3N6O2. The molecule has 2 aromatic carbocycles. The van der Waals surface area contributed by atoms with Gasteiger partial charge in [0.05, 0.1) is 30.3 Å². The van der Waals surface area contributed by atoms with E-state index >= 15 is 0 Å². The maximum atomic E-state index is 13.4. The minimum absolute atomic E-state index is 0.0399. The summed E-state index contributed by atoms with van der Waals surface area (Å²) in [6.07, 6.45) is 0.0138. The molecule has 0 aliphatic rings.